The molecule has 0 N–H and O–H groups in total. The molecular formula is C12H21BrO2. The van der Waals surface area contributed by atoms with Crippen molar-refractivity contribution >= 4 is 21.9 Å². The zero-order chi connectivity index (χ0) is 11.5. The van der Waals surface area contributed by atoms with E-state index >= 15 is 0 Å². The van der Waals surface area contributed by atoms with Gasteiger partial charge in [-0.3, -0.25) is 0 Å². The van der Waals surface area contributed by atoms with E-state index < -0.39 is 0 Å². The van der Waals surface area contributed by atoms with Gasteiger partial charge in [-0.1, -0.05) is 54.6 Å². The Labute approximate surface area is 101 Å². The molecule has 0 aromatic carbocycles. The van der Waals surface area contributed by atoms with Crippen molar-refractivity contribution in [2.45, 2.75) is 50.8 Å². The van der Waals surface area contributed by atoms with Gasteiger partial charge in [0.1, 0.15) is 0 Å². The number of alkyl halides is 1. The first-order chi connectivity index (χ1) is 7.20. The van der Waals surface area contributed by atoms with Crippen molar-refractivity contribution in [2.24, 2.45) is 0 Å². The van der Waals surface area contributed by atoms with E-state index in [2.05, 4.69) is 22.9 Å². The molecule has 0 radical (unpaired) electrons. The maximum atomic E-state index is 11.0. The minimum absolute atomic E-state index is 0.254. The normalized spacial score (nSPS) is 13.0. The summed E-state index contributed by atoms with van der Waals surface area (Å²) >= 11 is 3.52. The van der Waals surface area contributed by atoms with Crippen LogP contribution in [-0.4, -0.2) is 17.4 Å². The summed E-state index contributed by atoms with van der Waals surface area (Å²) in [6.45, 7) is 4.45. The molecule has 0 rings (SSSR count). The first kappa shape index (κ1) is 14.7. The van der Waals surface area contributed by atoms with E-state index in [0.717, 1.165) is 6.42 Å². The zero-order valence-corrected chi connectivity index (χ0v) is 11.3. The van der Waals surface area contributed by atoms with E-state index in [1.54, 1.807) is 0 Å². The van der Waals surface area contributed by atoms with Gasteiger partial charge < -0.3 is 4.74 Å². The van der Waals surface area contributed by atoms with Crippen molar-refractivity contribution in [3.8, 4) is 0 Å². The molecule has 0 saturated carbocycles. The molecule has 0 aromatic rings. The summed E-state index contributed by atoms with van der Waals surface area (Å²) in [6.07, 6.45) is 9.47. The Hall–Kier alpha value is -0.310. The topological polar surface area (TPSA) is 26.3 Å². The molecule has 0 aliphatic rings. The van der Waals surface area contributed by atoms with Crippen LogP contribution in [-0.2, 0) is 9.53 Å². The van der Waals surface area contributed by atoms with Gasteiger partial charge in [0.2, 0.25) is 0 Å². The van der Waals surface area contributed by atoms with Crippen LogP contribution in [0, 0.1) is 0 Å². The molecule has 1 atom stereocenters. The molecule has 0 heterocycles. The van der Waals surface area contributed by atoms with Gasteiger partial charge in [0.25, 0.3) is 0 Å². The molecule has 0 fully saturated rings. The van der Waals surface area contributed by atoms with E-state index in [1.165, 1.54) is 31.8 Å². The summed E-state index contributed by atoms with van der Waals surface area (Å²) in [6, 6.07) is 0. The van der Waals surface area contributed by atoms with Gasteiger partial charge in [0.15, 0.2) is 0 Å². The monoisotopic (exact) mass is 276 g/mol. The third kappa shape index (κ3) is 9.98. The van der Waals surface area contributed by atoms with E-state index in [1.807, 2.05) is 13.0 Å². The minimum atomic E-state index is -0.254. The van der Waals surface area contributed by atoms with Gasteiger partial charge in [-0.15, -0.1) is 0 Å². The fourth-order valence-corrected chi connectivity index (χ4v) is 1.71. The number of halogens is 1. The highest BCUT2D eigenvalue weighted by molar-refractivity contribution is 9.09. The second-order valence-corrected chi connectivity index (χ2v) is 4.65. The molecule has 88 valence electrons. The highest BCUT2D eigenvalue weighted by Crippen LogP contribution is 2.13. The lowest BCUT2D eigenvalue weighted by molar-refractivity contribution is -0.137. The van der Waals surface area contributed by atoms with Crippen LogP contribution in [0.3, 0.4) is 0 Å². The zero-order valence-electron chi connectivity index (χ0n) is 9.67. The molecule has 3 heteroatoms. The molecule has 0 spiro atoms. The first-order valence-electron chi connectivity index (χ1n) is 5.69. The molecule has 0 aliphatic carbocycles. The highest BCUT2D eigenvalue weighted by atomic mass is 79.9. The number of unbranched alkanes of at least 4 members (excludes halogenated alkanes) is 3. The van der Waals surface area contributed by atoms with Gasteiger partial charge >= 0.3 is 5.97 Å². The third-order valence-corrected chi connectivity index (χ3v) is 2.82. The summed E-state index contributed by atoms with van der Waals surface area (Å²) in [7, 11) is 0. The van der Waals surface area contributed by atoms with Crippen LogP contribution < -0.4 is 0 Å². The number of allylic oxidation sites excluding steroid dienone is 1. The summed E-state index contributed by atoms with van der Waals surface area (Å²) in [4.78, 5) is 11.3. The van der Waals surface area contributed by atoms with Gasteiger partial charge in [-0.25, -0.2) is 4.79 Å². The van der Waals surface area contributed by atoms with Crippen LogP contribution in [0.2, 0.25) is 0 Å². The van der Waals surface area contributed by atoms with E-state index in [-0.39, 0.29) is 5.97 Å². The second-order valence-electron chi connectivity index (χ2n) is 3.48. The molecule has 1 unspecified atom stereocenters. The van der Waals surface area contributed by atoms with Gasteiger partial charge in [0, 0.05) is 10.9 Å². The van der Waals surface area contributed by atoms with E-state index in [9.17, 15) is 4.79 Å². The number of rotatable bonds is 8. The summed E-state index contributed by atoms with van der Waals surface area (Å²) in [5, 5.41) is 0. The van der Waals surface area contributed by atoms with Crippen molar-refractivity contribution in [2.75, 3.05) is 6.61 Å². The predicted octanol–water partition coefficient (Wildman–Crippen LogP) is 3.84. The lowest BCUT2D eigenvalue weighted by atomic mass is 10.1. The highest BCUT2D eigenvalue weighted by Gasteiger charge is 2.00. The van der Waals surface area contributed by atoms with E-state index in [4.69, 9.17) is 4.74 Å². The maximum Gasteiger partial charge on any atom is 0.330 e. The molecule has 2 nitrogen and oxygen atoms in total. The smallest absolute Gasteiger partial charge is 0.330 e. The molecular weight excluding hydrogens is 256 g/mol. The number of carbonyl (C=O) groups is 1. The van der Waals surface area contributed by atoms with Crippen molar-refractivity contribution in [3.05, 3.63) is 12.2 Å². The van der Waals surface area contributed by atoms with Gasteiger partial charge in [-0.2, -0.15) is 0 Å². The van der Waals surface area contributed by atoms with Crippen LogP contribution in [0.1, 0.15) is 46.0 Å². The predicted molar refractivity (Wildman–Crippen MR) is 67.2 cm³/mol. The Morgan fingerprint density at radius 1 is 1.33 bits per heavy atom. The molecule has 0 aliphatic heterocycles. The second kappa shape index (κ2) is 10.2. The maximum absolute atomic E-state index is 11.0. The quantitative estimate of drug-likeness (QED) is 0.291. The summed E-state index contributed by atoms with van der Waals surface area (Å²) in [5.41, 5.74) is 0. The molecule has 0 amide bonds. The van der Waals surface area contributed by atoms with Crippen molar-refractivity contribution in [3.63, 3.8) is 0 Å². The Kier molecular flexibility index (Phi) is 10.0. The third-order valence-electron chi connectivity index (χ3n) is 2.06. The molecule has 0 aromatic heterocycles. The van der Waals surface area contributed by atoms with Gasteiger partial charge in [0.05, 0.1) is 6.61 Å². The standard InChI is InChI=1S/C12H21BrO2/c1-3-5-6-7-8-11(13)9-10-12(14)15-4-2/h9-11H,3-8H2,1-2H3/b10-9+. The lowest BCUT2D eigenvalue weighted by Crippen LogP contribution is -2.01. The number of ether oxygens (including phenoxy) is 1. The van der Waals surface area contributed by atoms with Crippen LogP contribution in [0.4, 0.5) is 0 Å². The Morgan fingerprint density at radius 3 is 2.67 bits per heavy atom. The Bertz CT molecular complexity index is 190. The van der Waals surface area contributed by atoms with Crippen LogP contribution in [0.15, 0.2) is 12.2 Å². The SMILES string of the molecule is CCCCCCC(Br)/C=C/C(=O)OCC. The summed E-state index contributed by atoms with van der Waals surface area (Å²) < 4.78 is 4.79. The van der Waals surface area contributed by atoms with Crippen molar-refractivity contribution < 1.29 is 9.53 Å². The lowest BCUT2D eigenvalue weighted by Gasteiger charge is -2.03. The minimum Gasteiger partial charge on any atom is -0.463 e. The average molecular weight is 277 g/mol. The fraction of sp³-hybridized carbons (Fsp3) is 0.750. The van der Waals surface area contributed by atoms with Crippen LogP contribution in [0.5, 0.6) is 0 Å². The molecule has 0 saturated heterocycles. The number of carbonyl (C=O) groups excluding carboxylic acids is 1. The van der Waals surface area contributed by atoms with Crippen molar-refractivity contribution in [1.82, 2.24) is 0 Å². The fourth-order valence-electron chi connectivity index (χ4n) is 1.24. The number of hydrogen-bond acceptors (Lipinski definition) is 2. The molecule has 0 bridgehead atoms. The van der Waals surface area contributed by atoms with E-state index in [0.29, 0.717) is 11.4 Å². The Morgan fingerprint density at radius 2 is 2.07 bits per heavy atom. The largest absolute Gasteiger partial charge is 0.463 e. The first-order valence-corrected chi connectivity index (χ1v) is 6.61. The van der Waals surface area contributed by atoms with Crippen molar-refractivity contribution in [1.29, 1.82) is 0 Å². The number of esters is 1. The number of hydrogen-bond donors (Lipinski definition) is 0. The van der Waals surface area contributed by atoms with Crippen LogP contribution in [0.25, 0.3) is 0 Å². The molecule has 15 heavy (non-hydrogen) atoms. The van der Waals surface area contributed by atoms with Gasteiger partial charge in [-0.05, 0) is 13.3 Å². The van der Waals surface area contributed by atoms with Crippen LogP contribution >= 0.6 is 15.9 Å². The summed E-state index contributed by atoms with van der Waals surface area (Å²) in [5.74, 6) is -0.254. The average Bonchev–Trinajstić information content (AvgIpc) is 2.22. The Balaban J connectivity index is 3.54.